The van der Waals surface area contributed by atoms with E-state index >= 15 is 0 Å². The van der Waals surface area contributed by atoms with Gasteiger partial charge in [-0.1, -0.05) is 47.5 Å². The molecule has 0 fully saturated rings. The zero-order valence-corrected chi connectivity index (χ0v) is 19.0. The highest BCUT2D eigenvalue weighted by Crippen LogP contribution is 2.24. The molecule has 3 N–H and O–H groups in total. The summed E-state index contributed by atoms with van der Waals surface area (Å²) in [6, 6.07) is 12.5. The second-order valence-electron chi connectivity index (χ2n) is 6.70. The van der Waals surface area contributed by atoms with E-state index in [1.54, 1.807) is 19.1 Å². The van der Waals surface area contributed by atoms with Gasteiger partial charge in [-0.05, 0) is 36.8 Å². The largest absolute Gasteiger partial charge is 0.452 e. The van der Waals surface area contributed by atoms with Crippen LogP contribution in [0.25, 0.3) is 0 Å². The van der Waals surface area contributed by atoms with E-state index < -0.39 is 28.5 Å². The van der Waals surface area contributed by atoms with Gasteiger partial charge in [-0.15, -0.1) is 0 Å². The molecule has 0 bridgehead atoms. The van der Waals surface area contributed by atoms with Crippen molar-refractivity contribution in [2.75, 3.05) is 11.9 Å². The van der Waals surface area contributed by atoms with Gasteiger partial charge >= 0.3 is 5.97 Å². The highest BCUT2D eigenvalue weighted by Gasteiger charge is 2.23. The fraction of sp³-hybridized carbons (Fsp3) is 0.150. The summed E-state index contributed by atoms with van der Waals surface area (Å²) < 4.78 is 29.3. The minimum absolute atomic E-state index is 0.0303. The predicted octanol–water partition coefficient (Wildman–Crippen LogP) is 2.99. The Labute approximate surface area is 194 Å². The van der Waals surface area contributed by atoms with E-state index in [4.69, 9.17) is 33.1 Å². The summed E-state index contributed by atoms with van der Waals surface area (Å²) >= 11 is 12.5. The maximum atomic E-state index is 12.5. The third-order valence-electron chi connectivity index (χ3n) is 4.33. The first kappa shape index (κ1) is 23.7. The second-order valence-corrected chi connectivity index (χ2v) is 9.02. The Balaban J connectivity index is 1.66. The van der Waals surface area contributed by atoms with Gasteiger partial charge in [-0.2, -0.15) is 5.10 Å². The van der Waals surface area contributed by atoms with Crippen molar-refractivity contribution in [3.05, 3.63) is 75.5 Å². The highest BCUT2D eigenvalue weighted by atomic mass is 35.5. The fourth-order valence-corrected chi connectivity index (χ4v) is 3.90. The summed E-state index contributed by atoms with van der Waals surface area (Å²) in [7, 11) is -3.92. The first-order valence-corrected chi connectivity index (χ1v) is 11.4. The smallest absolute Gasteiger partial charge is 0.343 e. The van der Waals surface area contributed by atoms with E-state index in [1.165, 1.54) is 28.9 Å². The third kappa shape index (κ3) is 5.65. The molecule has 9 nitrogen and oxygen atoms in total. The number of anilines is 1. The van der Waals surface area contributed by atoms with Gasteiger partial charge in [0.1, 0.15) is 10.7 Å². The predicted molar refractivity (Wildman–Crippen MR) is 119 cm³/mol. The van der Waals surface area contributed by atoms with Crippen LogP contribution in [0.4, 0.5) is 5.69 Å². The number of hydrogen-bond acceptors (Lipinski definition) is 6. The molecule has 12 heteroatoms. The van der Waals surface area contributed by atoms with Crippen molar-refractivity contribution in [3.8, 4) is 0 Å². The number of primary sulfonamides is 1. The molecule has 0 aliphatic rings. The maximum absolute atomic E-state index is 12.5. The van der Waals surface area contributed by atoms with Crippen LogP contribution in [0.3, 0.4) is 0 Å². The molecule has 3 rings (SSSR count). The van der Waals surface area contributed by atoms with E-state index in [0.717, 1.165) is 5.56 Å². The lowest BCUT2D eigenvalue weighted by Crippen LogP contribution is -2.21. The Morgan fingerprint density at radius 1 is 1.16 bits per heavy atom. The molecule has 3 aromatic rings. The lowest BCUT2D eigenvalue weighted by Gasteiger charge is -2.08. The molecule has 0 aliphatic carbocycles. The van der Waals surface area contributed by atoms with Crippen LogP contribution in [-0.2, 0) is 26.1 Å². The number of nitrogens with two attached hydrogens (primary N) is 1. The van der Waals surface area contributed by atoms with Crippen molar-refractivity contribution in [2.45, 2.75) is 18.4 Å². The van der Waals surface area contributed by atoms with Gasteiger partial charge in [-0.25, -0.2) is 23.0 Å². The average molecular weight is 497 g/mol. The number of amides is 1. The number of carbonyl (C=O) groups is 2. The van der Waals surface area contributed by atoms with Crippen molar-refractivity contribution < 1.29 is 22.7 Å². The third-order valence-corrected chi connectivity index (χ3v) is 5.99. The lowest BCUT2D eigenvalue weighted by molar-refractivity contribution is -0.119. The van der Waals surface area contributed by atoms with Crippen LogP contribution in [0.1, 0.15) is 21.6 Å². The summed E-state index contributed by atoms with van der Waals surface area (Å²) in [6.45, 7) is 1.21. The van der Waals surface area contributed by atoms with E-state index in [1.807, 2.05) is 12.1 Å². The number of nitrogens with one attached hydrogen (secondary N) is 1. The summed E-state index contributed by atoms with van der Waals surface area (Å²) in [5.74, 6) is -1.51. The SMILES string of the molecule is Cc1nn(Cc2ccccc2Cl)c(Cl)c1C(=O)OCC(=O)Nc1cccc(S(N)(=O)=O)c1. The number of esters is 1. The Bertz CT molecular complexity index is 1290. The van der Waals surface area contributed by atoms with E-state index in [9.17, 15) is 18.0 Å². The van der Waals surface area contributed by atoms with Crippen LogP contribution in [0, 0.1) is 6.92 Å². The number of hydrogen-bond donors (Lipinski definition) is 2. The van der Waals surface area contributed by atoms with Crippen molar-refractivity contribution in [2.24, 2.45) is 5.14 Å². The van der Waals surface area contributed by atoms with Gasteiger partial charge in [0.15, 0.2) is 6.61 Å². The Kier molecular flexibility index (Phi) is 7.19. The molecule has 168 valence electrons. The van der Waals surface area contributed by atoms with Crippen molar-refractivity contribution in [1.82, 2.24) is 9.78 Å². The molecule has 0 unspecified atom stereocenters. The molecule has 0 saturated heterocycles. The van der Waals surface area contributed by atoms with Crippen LogP contribution >= 0.6 is 23.2 Å². The van der Waals surface area contributed by atoms with Crippen LogP contribution in [0.5, 0.6) is 0 Å². The van der Waals surface area contributed by atoms with Gasteiger partial charge in [0, 0.05) is 10.7 Å². The number of rotatable bonds is 7. The van der Waals surface area contributed by atoms with Crippen LogP contribution in [0.2, 0.25) is 10.2 Å². The Morgan fingerprint density at radius 3 is 2.56 bits per heavy atom. The molecule has 1 amide bonds. The number of ether oxygens (including phenoxy) is 1. The topological polar surface area (TPSA) is 133 Å². The van der Waals surface area contributed by atoms with E-state index in [0.29, 0.717) is 10.7 Å². The number of sulfonamides is 1. The van der Waals surface area contributed by atoms with Crippen LogP contribution in [-0.4, -0.2) is 36.7 Å². The molecular weight excluding hydrogens is 479 g/mol. The fourth-order valence-electron chi connectivity index (χ4n) is 2.83. The number of benzene rings is 2. The van der Waals surface area contributed by atoms with Crippen LogP contribution in [0.15, 0.2) is 53.4 Å². The van der Waals surface area contributed by atoms with Crippen molar-refractivity contribution in [1.29, 1.82) is 0 Å². The molecule has 0 aliphatic heterocycles. The highest BCUT2D eigenvalue weighted by molar-refractivity contribution is 7.89. The summed E-state index contributed by atoms with van der Waals surface area (Å²) in [6.07, 6.45) is 0. The van der Waals surface area contributed by atoms with Gasteiger partial charge in [0.25, 0.3) is 5.91 Å². The first-order valence-electron chi connectivity index (χ1n) is 9.12. The van der Waals surface area contributed by atoms with Crippen LogP contribution < -0.4 is 10.5 Å². The molecule has 1 heterocycles. The zero-order valence-electron chi connectivity index (χ0n) is 16.7. The number of aromatic nitrogens is 2. The molecule has 0 radical (unpaired) electrons. The Morgan fingerprint density at radius 2 is 1.88 bits per heavy atom. The normalized spacial score (nSPS) is 11.2. The number of carbonyl (C=O) groups excluding carboxylic acids is 2. The summed E-state index contributed by atoms with van der Waals surface area (Å²) in [5.41, 5.74) is 1.30. The monoisotopic (exact) mass is 496 g/mol. The van der Waals surface area contributed by atoms with E-state index in [2.05, 4.69) is 10.4 Å². The minimum atomic E-state index is -3.92. The number of aryl methyl sites for hydroxylation is 1. The molecule has 1 aromatic heterocycles. The number of nitrogens with zero attached hydrogens (tertiary/aromatic N) is 2. The Hall–Kier alpha value is -2.92. The second kappa shape index (κ2) is 9.70. The van der Waals surface area contributed by atoms with Gasteiger partial charge in [0.2, 0.25) is 10.0 Å². The number of halogens is 2. The van der Waals surface area contributed by atoms with Gasteiger partial charge in [-0.3, -0.25) is 4.79 Å². The van der Waals surface area contributed by atoms with Gasteiger partial charge in [0.05, 0.1) is 17.1 Å². The summed E-state index contributed by atoms with van der Waals surface area (Å²) in [5, 5.41) is 12.3. The molecule has 0 spiro atoms. The lowest BCUT2D eigenvalue weighted by atomic mass is 10.2. The van der Waals surface area contributed by atoms with Crippen molar-refractivity contribution >= 4 is 50.8 Å². The van der Waals surface area contributed by atoms with E-state index in [-0.39, 0.29) is 27.8 Å². The molecule has 0 atom stereocenters. The maximum Gasteiger partial charge on any atom is 0.343 e. The average Bonchev–Trinajstić information content (AvgIpc) is 3.00. The molecule has 32 heavy (non-hydrogen) atoms. The quantitative estimate of drug-likeness (QED) is 0.482. The van der Waals surface area contributed by atoms with Gasteiger partial charge < -0.3 is 10.1 Å². The molecule has 0 saturated carbocycles. The van der Waals surface area contributed by atoms with Crippen molar-refractivity contribution in [3.63, 3.8) is 0 Å². The minimum Gasteiger partial charge on any atom is -0.452 e. The summed E-state index contributed by atoms with van der Waals surface area (Å²) in [4.78, 5) is 24.5. The zero-order chi connectivity index (χ0) is 23.5. The molecular formula is C20H18Cl2N4O5S. The molecule has 2 aromatic carbocycles. The standard InChI is InChI=1S/C20H18Cl2N4O5S/c1-12-18(19(22)26(25-12)10-13-5-2-3-8-16(13)21)20(28)31-11-17(27)24-14-6-4-7-15(9-14)32(23,29)30/h2-9H,10-11H2,1H3,(H,24,27)(H2,23,29,30). The first-order chi connectivity index (χ1) is 15.1.